The largest absolute Gasteiger partial charge is 0.497 e. The van der Waals surface area contributed by atoms with E-state index in [1.54, 1.807) is 24.3 Å². The van der Waals surface area contributed by atoms with E-state index < -0.39 is 30.0 Å². The molecule has 40 heavy (non-hydrogen) atoms. The second-order valence-corrected chi connectivity index (χ2v) is 11.0. The Morgan fingerprint density at radius 1 is 1.00 bits per heavy atom. The molecule has 214 valence electrons. The van der Waals surface area contributed by atoms with E-state index in [1.807, 2.05) is 0 Å². The molecule has 4 rings (SSSR count). The Kier molecular flexibility index (Phi) is 9.92. The lowest BCUT2D eigenvalue weighted by atomic mass is 9.82. The summed E-state index contributed by atoms with van der Waals surface area (Å²) in [5, 5.41) is 12.9. The lowest BCUT2D eigenvalue weighted by molar-refractivity contribution is -0.143. The van der Waals surface area contributed by atoms with E-state index in [0.29, 0.717) is 11.3 Å². The summed E-state index contributed by atoms with van der Waals surface area (Å²) < 4.78 is 5.26. The molecule has 3 amide bonds. The normalized spacial score (nSPS) is 18.3. The van der Waals surface area contributed by atoms with Crippen LogP contribution < -0.4 is 10.1 Å². The van der Waals surface area contributed by atoms with Crippen LogP contribution >= 0.6 is 23.2 Å². The highest BCUT2D eigenvalue weighted by molar-refractivity contribution is 6.42. The smallest absolute Gasteiger partial charge is 0.305 e. The Morgan fingerprint density at radius 3 is 2.40 bits per heavy atom. The Morgan fingerprint density at radius 2 is 1.73 bits per heavy atom. The van der Waals surface area contributed by atoms with Gasteiger partial charge in [-0.1, -0.05) is 54.6 Å². The van der Waals surface area contributed by atoms with Crippen molar-refractivity contribution in [3.8, 4) is 5.75 Å². The number of aliphatic carboxylic acids is 1. The first-order chi connectivity index (χ1) is 19.2. The molecule has 2 aromatic carbocycles. The highest BCUT2D eigenvalue weighted by Gasteiger charge is 2.44. The Labute approximate surface area is 243 Å². The maximum absolute atomic E-state index is 13.9. The molecular weight excluding hydrogens is 557 g/mol. The number of ether oxygens (including phenoxy) is 1. The van der Waals surface area contributed by atoms with Crippen LogP contribution in [0.25, 0.3) is 0 Å². The molecule has 0 spiro atoms. The van der Waals surface area contributed by atoms with Crippen LogP contribution in [0.1, 0.15) is 54.4 Å². The predicted octanol–water partition coefficient (Wildman–Crippen LogP) is 4.40. The van der Waals surface area contributed by atoms with Crippen molar-refractivity contribution in [3.05, 3.63) is 63.6 Å². The number of carbonyl (C=O) groups excluding carboxylic acids is 3. The van der Waals surface area contributed by atoms with E-state index in [0.717, 1.165) is 32.1 Å². The van der Waals surface area contributed by atoms with Crippen LogP contribution in [-0.4, -0.2) is 71.0 Å². The van der Waals surface area contributed by atoms with Gasteiger partial charge in [0, 0.05) is 24.7 Å². The van der Waals surface area contributed by atoms with Gasteiger partial charge in [0.05, 0.1) is 30.0 Å². The van der Waals surface area contributed by atoms with Crippen molar-refractivity contribution in [1.82, 2.24) is 15.1 Å². The first-order valence-electron chi connectivity index (χ1n) is 13.4. The number of carbonyl (C=O) groups is 4. The molecule has 2 N–H and O–H groups in total. The predicted molar refractivity (Wildman–Crippen MR) is 150 cm³/mol. The Bertz CT molecular complexity index is 1270. The number of halogens is 2. The van der Waals surface area contributed by atoms with Crippen molar-refractivity contribution in [2.75, 3.05) is 20.2 Å². The van der Waals surface area contributed by atoms with E-state index in [2.05, 4.69) is 5.32 Å². The summed E-state index contributed by atoms with van der Waals surface area (Å²) in [5.74, 6) is -1.82. The van der Waals surface area contributed by atoms with Crippen LogP contribution in [0.15, 0.2) is 42.5 Å². The standard InChI is InChI=1S/C29H33Cl2N3O6/c1-40-21-9-5-6-18(14-21)15-25(35)33-12-13-34(29(39)20-10-11-22(30)23(31)16-20)28(33)27(38)32-24(17-26(36)37)19-7-3-2-4-8-19/h5-6,9-11,14,16,19,24,28H,2-4,7-8,12-13,15,17H2,1H3,(H,32,38)(H,36,37). The monoisotopic (exact) mass is 589 g/mol. The molecule has 1 heterocycles. The minimum absolute atomic E-state index is 0.00301. The zero-order chi connectivity index (χ0) is 28.8. The third-order valence-electron chi connectivity index (χ3n) is 7.59. The fraction of sp³-hybridized carbons (Fsp3) is 0.448. The molecule has 0 radical (unpaired) electrons. The molecule has 9 nitrogen and oxygen atoms in total. The molecule has 1 aliphatic carbocycles. The number of carboxylic acid groups (broad SMARTS) is 1. The zero-order valence-electron chi connectivity index (χ0n) is 22.3. The number of amides is 3. The number of hydrogen-bond acceptors (Lipinski definition) is 5. The molecule has 1 saturated heterocycles. The van der Waals surface area contributed by atoms with Gasteiger partial charge in [-0.3, -0.25) is 19.2 Å². The summed E-state index contributed by atoms with van der Waals surface area (Å²) in [6.07, 6.45) is 3.14. The average Bonchev–Trinajstić information content (AvgIpc) is 3.40. The molecular formula is C29H33Cl2N3O6. The minimum atomic E-state index is -1.25. The van der Waals surface area contributed by atoms with Crippen LogP contribution in [0.5, 0.6) is 5.75 Å². The summed E-state index contributed by atoms with van der Waals surface area (Å²) in [6, 6.07) is 10.9. The molecule has 1 saturated carbocycles. The van der Waals surface area contributed by atoms with Gasteiger partial charge in [-0.2, -0.15) is 0 Å². The minimum Gasteiger partial charge on any atom is -0.497 e. The van der Waals surface area contributed by atoms with E-state index in [9.17, 15) is 24.3 Å². The maximum Gasteiger partial charge on any atom is 0.305 e. The van der Waals surface area contributed by atoms with Gasteiger partial charge >= 0.3 is 5.97 Å². The lowest BCUT2D eigenvalue weighted by Crippen LogP contribution is -2.57. The molecule has 2 unspecified atom stereocenters. The van der Waals surface area contributed by atoms with E-state index >= 15 is 0 Å². The van der Waals surface area contributed by atoms with Crippen LogP contribution in [0, 0.1) is 5.92 Å². The van der Waals surface area contributed by atoms with Crippen LogP contribution in [-0.2, 0) is 20.8 Å². The molecule has 2 fully saturated rings. The fourth-order valence-electron chi connectivity index (χ4n) is 5.56. The summed E-state index contributed by atoms with van der Waals surface area (Å²) in [7, 11) is 1.54. The molecule has 2 aromatic rings. The van der Waals surface area contributed by atoms with Crippen LogP contribution in [0.4, 0.5) is 0 Å². The molecule has 11 heteroatoms. The number of nitrogens with zero attached hydrogens (tertiary/aromatic N) is 2. The van der Waals surface area contributed by atoms with Crippen molar-refractivity contribution in [1.29, 1.82) is 0 Å². The molecule has 2 aliphatic rings. The SMILES string of the molecule is COc1cccc(CC(=O)N2CCN(C(=O)c3ccc(Cl)c(Cl)c3)C2C(=O)NC(CC(=O)O)C2CCCCC2)c1. The van der Waals surface area contributed by atoms with Gasteiger partial charge in [0.15, 0.2) is 6.17 Å². The third kappa shape index (κ3) is 7.06. The number of methoxy groups -OCH3 is 1. The molecule has 0 aromatic heterocycles. The molecule has 2 atom stereocenters. The van der Waals surface area contributed by atoms with E-state index in [1.165, 1.54) is 35.1 Å². The average molecular weight is 591 g/mol. The fourth-order valence-corrected chi connectivity index (χ4v) is 5.85. The number of carboxylic acids is 1. The quantitative estimate of drug-likeness (QED) is 0.448. The van der Waals surface area contributed by atoms with Crippen molar-refractivity contribution in [3.63, 3.8) is 0 Å². The van der Waals surface area contributed by atoms with Gasteiger partial charge < -0.3 is 25.0 Å². The summed E-state index contributed by atoms with van der Waals surface area (Å²) in [4.78, 5) is 55.4. The second-order valence-electron chi connectivity index (χ2n) is 10.2. The number of rotatable bonds is 9. The van der Waals surface area contributed by atoms with Crippen molar-refractivity contribution in [2.45, 2.75) is 57.2 Å². The number of hydrogen-bond donors (Lipinski definition) is 2. The highest BCUT2D eigenvalue weighted by Crippen LogP contribution is 2.29. The van der Waals surface area contributed by atoms with Gasteiger partial charge in [0.2, 0.25) is 5.91 Å². The van der Waals surface area contributed by atoms with Crippen LogP contribution in [0.2, 0.25) is 10.0 Å². The van der Waals surface area contributed by atoms with Gasteiger partial charge in [0.1, 0.15) is 5.75 Å². The Balaban J connectivity index is 1.62. The zero-order valence-corrected chi connectivity index (χ0v) is 23.8. The Hall–Kier alpha value is -3.30. The van der Waals surface area contributed by atoms with Gasteiger partial charge in [-0.05, 0) is 54.7 Å². The van der Waals surface area contributed by atoms with E-state index in [-0.39, 0.29) is 53.4 Å². The van der Waals surface area contributed by atoms with E-state index in [4.69, 9.17) is 27.9 Å². The highest BCUT2D eigenvalue weighted by atomic mass is 35.5. The molecule has 0 bridgehead atoms. The topological polar surface area (TPSA) is 116 Å². The van der Waals surface area contributed by atoms with Crippen molar-refractivity contribution < 1.29 is 29.0 Å². The summed E-state index contributed by atoms with van der Waals surface area (Å²) in [6.45, 7) is 0.259. The van der Waals surface area contributed by atoms with Gasteiger partial charge in [-0.25, -0.2) is 0 Å². The third-order valence-corrected chi connectivity index (χ3v) is 8.32. The van der Waals surface area contributed by atoms with Crippen molar-refractivity contribution in [2.24, 2.45) is 5.92 Å². The maximum atomic E-state index is 13.9. The van der Waals surface area contributed by atoms with Gasteiger partial charge in [0.25, 0.3) is 11.8 Å². The summed E-state index contributed by atoms with van der Waals surface area (Å²) >= 11 is 12.2. The molecule has 1 aliphatic heterocycles. The summed E-state index contributed by atoms with van der Waals surface area (Å²) in [5.41, 5.74) is 0.924. The van der Waals surface area contributed by atoms with Gasteiger partial charge in [-0.15, -0.1) is 0 Å². The number of benzene rings is 2. The lowest BCUT2D eigenvalue weighted by Gasteiger charge is -2.34. The first-order valence-corrected chi connectivity index (χ1v) is 14.1. The second kappa shape index (κ2) is 13.4. The van der Waals surface area contributed by atoms with Crippen LogP contribution in [0.3, 0.4) is 0 Å². The van der Waals surface area contributed by atoms with Crippen molar-refractivity contribution >= 4 is 46.9 Å². The first kappa shape index (κ1) is 29.7. The number of nitrogens with one attached hydrogen (secondary N) is 1.